The summed E-state index contributed by atoms with van der Waals surface area (Å²) < 4.78 is 0. The monoisotopic (exact) mass is 440 g/mol. The number of carboxylic acid groups (broad SMARTS) is 1. The second-order valence-corrected chi connectivity index (χ2v) is 8.87. The first-order chi connectivity index (χ1) is 14.6. The molecule has 1 unspecified atom stereocenters. The second kappa shape index (κ2) is 9.06. The molecule has 0 bridgehead atoms. The predicted octanol–water partition coefficient (Wildman–Crippen LogP) is 2.82. The van der Waals surface area contributed by atoms with Crippen molar-refractivity contribution in [2.45, 2.75) is 38.6 Å². The zero-order chi connectivity index (χ0) is 22.3. The molecule has 3 aromatic rings. The third-order valence-electron chi connectivity index (χ3n) is 5.77. The number of carboxylic acids is 1. The molecule has 7 heteroatoms. The molecule has 32 heavy (non-hydrogen) atoms. The Hall–Kier alpha value is -2.67. The molecule has 1 heterocycles. The fourth-order valence-corrected chi connectivity index (χ4v) is 4.05. The molecular weight excluding hydrogens is 415 g/mol. The number of benzene rings is 3. The molecule has 0 spiro atoms. The maximum absolute atomic E-state index is 12.0. The summed E-state index contributed by atoms with van der Waals surface area (Å²) in [6, 6.07) is 19.7. The summed E-state index contributed by atoms with van der Waals surface area (Å²) in [7, 11) is 0. The predicted molar refractivity (Wildman–Crippen MR) is 122 cm³/mol. The normalized spacial score (nSPS) is 15.1. The van der Waals surface area contributed by atoms with Crippen LogP contribution in [0.4, 0.5) is 17.1 Å². The van der Waals surface area contributed by atoms with Crippen molar-refractivity contribution >= 4 is 23.0 Å². The number of nitro benzene ring substituents is 1. The topological polar surface area (TPSA) is 83.7 Å². The van der Waals surface area contributed by atoms with E-state index in [2.05, 4.69) is 45.0 Å². The summed E-state index contributed by atoms with van der Waals surface area (Å²) in [6.07, 6.45) is 0.371. The standard InChI is InChI=1S/C25H24N2O4.Na.H/c1-25(2,3)19-7-4-16(5-8-19)17-6-13-22-18(14-17)15-23(24(28)29)26(22)20-9-11-21(12-10-20)27(30)31;;/h4-14,23H,15H2,1-3H3,(H,28,29);;/q;+1;-1. The van der Waals surface area contributed by atoms with Gasteiger partial charge in [0, 0.05) is 29.9 Å². The van der Waals surface area contributed by atoms with E-state index in [9.17, 15) is 20.0 Å². The van der Waals surface area contributed by atoms with Gasteiger partial charge in [-0.2, -0.15) is 0 Å². The molecule has 4 rings (SSSR count). The van der Waals surface area contributed by atoms with Gasteiger partial charge in [0.05, 0.1) is 4.92 Å². The van der Waals surface area contributed by atoms with E-state index in [1.807, 2.05) is 18.2 Å². The molecule has 1 atom stereocenters. The van der Waals surface area contributed by atoms with Crippen LogP contribution in [0.15, 0.2) is 66.7 Å². The molecule has 0 aromatic heterocycles. The molecule has 0 aliphatic carbocycles. The number of non-ortho nitro benzene ring substituents is 1. The van der Waals surface area contributed by atoms with E-state index in [0.29, 0.717) is 12.1 Å². The van der Waals surface area contributed by atoms with Crippen molar-refractivity contribution < 1.29 is 45.8 Å². The zero-order valence-corrected chi connectivity index (χ0v) is 20.7. The van der Waals surface area contributed by atoms with Crippen LogP contribution in [0.1, 0.15) is 33.3 Å². The van der Waals surface area contributed by atoms with Crippen LogP contribution < -0.4 is 34.5 Å². The summed E-state index contributed by atoms with van der Waals surface area (Å²) >= 11 is 0. The first-order valence-corrected chi connectivity index (χ1v) is 10.2. The number of anilines is 2. The van der Waals surface area contributed by atoms with E-state index in [-0.39, 0.29) is 42.1 Å². The minimum atomic E-state index is -0.925. The number of hydrogen-bond donors (Lipinski definition) is 1. The Balaban J connectivity index is 0.00000193. The van der Waals surface area contributed by atoms with E-state index >= 15 is 0 Å². The van der Waals surface area contributed by atoms with Crippen molar-refractivity contribution in [3.8, 4) is 11.1 Å². The fraction of sp³-hybridized carbons (Fsp3) is 0.240. The zero-order valence-electron chi connectivity index (χ0n) is 19.7. The van der Waals surface area contributed by atoms with Gasteiger partial charge in [0.25, 0.3) is 5.69 Å². The Morgan fingerprint density at radius 2 is 1.62 bits per heavy atom. The van der Waals surface area contributed by atoms with Crippen molar-refractivity contribution in [2.75, 3.05) is 4.90 Å². The molecule has 1 aliphatic heterocycles. The Bertz CT molecular complexity index is 1160. The third kappa shape index (κ3) is 4.58. The molecule has 0 saturated carbocycles. The van der Waals surface area contributed by atoms with Crippen molar-refractivity contribution in [3.63, 3.8) is 0 Å². The van der Waals surface area contributed by atoms with Crippen LogP contribution >= 0.6 is 0 Å². The summed E-state index contributed by atoms with van der Waals surface area (Å²) in [4.78, 5) is 24.2. The smallest absolute Gasteiger partial charge is 1.00 e. The van der Waals surface area contributed by atoms with Crippen molar-refractivity contribution in [1.29, 1.82) is 0 Å². The van der Waals surface area contributed by atoms with Crippen molar-refractivity contribution in [1.82, 2.24) is 0 Å². The molecule has 1 aliphatic rings. The van der Waals surface area contributed by atoms with Gasteiger partial charge in [0.2, 0.25) is 0 Å². The van der Waals surface area contributed by atoms with Gasteiger partial charge in [-0.1, -0.05) is 51.1 Å². The van der Waals surface area contributed by atoms with Crippen LogP contribution in [0.2, 0.25) is 0 Å². The summed E-state index contributed by atoms with van der Waals surface area (Å²) in [5, 5.41) is 20.8. The number of nitro groups is 1. The number of fused-ring (bicyclic) bond motifs is 1. The van der Waals surface area contributed by atoms with E-state index < -0.39 is 16.9 Å². The molecule has 0 amide bonds. The Morgan fingerprint density at radius 1 is 1.03 bits per heavy atom. The maximum Gasteiger partial charge on any atom is 1.00 e. The number of carbonyl (C=O) groups is 1. The molecule has 6 nitrogen and oxygen atoms in total. The molecule has 3 aromatic carbocycles. The molecule has 0 fully saturated rings. The minimum absolute atomic E-state index is 0. The number of rotatable bonds is 4. The fourth-order valence-electron chi connectivity index (χ4n) is 4.05. The van der Waals surface area contributed by atoms with Gasteiger partial charge in [-0.3, -0.25) is 10.1 Å². The average Bonchev–Trinajstić information content (AvgIpc) is 3.12. The third-order valence-corrected chi connectivity index (χ3v) is 5.77. The Morgan fingerprint density at radius 3 is 2.16 bits per heavy atom. The molecule has 1 N–H and O–H groups in total. The van der Waals surface area contributed by atoms with Gasteiger partial charge in [-0.25, -0.2) is 4.79 Å². The van der Waals surface area contributed by atoms with Gasteiger partial charge < -0.3 is 11.4 Å². The first-order valence-electron chi connectivity index (χ1n) is 10.2. The van der Waals surface area contributed by atoms with Crippen LogP contribution in [0.25, 0.3) is 11.1 Å². The molecule has 0 radical (unpaired) electrons. The maximum atomic E-state index is 12.0. The number of aliphatic carboxylic acids is 1. The quantitative estimate of drug-likeness (QED) is 0.383. The number of hydrogen-bond acceptors (Lipinski definition) is 4. The largest absolute Gasteiger partial charge is 1.00 e. The van der Waals surface area contributed by atoms with Gasteiger partial charge in [0.1, 0.15) is 6.04 Å². The van der Waals surface area contributed by atoms with E-state index in [4.69, 9.17) is 0 Å². The molecule has 0 saturated heterocycles. The summed E-state index contributed by atoms with van der Waals surface area (Å²) in [5.41, 5.74) is 5.82. The first kappa shape index (κ1) is 24.0. The SMILES string of the molecule is CC(C)(C)c1ccc(-c2ccc3c(c2)CC(C(=O)O)N3c2ccc([N+](=O)[O-])cc2)cc1.[H-].[Na+]. The molecule has 160 valence electrons. The van der Waals surface area contributed by atoms with E-state index in [0.717, 1.165) is 22.4 Å². The molecular formula is C25H25N2NaO4. The van der Waals surface area contributed by atoms with Crippen molar-refractivity contribution in [2.24, 2.45) is 0 Å². The van der Waals surface area contributed by atoms with Gasteiger partial charge in [-0.15, -0.1) is 0 Å². The van der Waals surface area contributed by atoms with Crippen LogP contribution in [0.3, 0.4) is 0 Å². The van der Waals surface area contributed by atoms with Gasteiger partial charge >= 0.3 is 35.5 Å². The second-order valence-electron chi connectivity index (χ2n) is 8.87. The van der Waals surface area contributed by atoms with E-state index in [1.54, 1.807) is 17.0 Å². The van der Waals surface area contributed by atoms with E-state index in [1.165, 1.54) is 17.7 Å². The Kier molecular flexibility index (Phi) is 6.79. The average molecular weight is 440 g/mol. The van der Waals surface area contributed by atoms with Crippen LogP contribution in [0, 0.1) is 10.1 Å². The van der Waals surface area contributed by atoms with Gasteiger partial charge in [0.15, 0.2) is 0 Å². The number of nitrogens with zero attached hydrogens (tertiary/aromatic N) is 2. The minimum Gasteiger partial charge on any atom is -1.00 e. The van der Waals surface area contributed by atoms with Crippen LogP contribution in [-0.4, -0.2) is 22.0 Å². The Labute approximate surface area is 210 Å². The van der Waals surface area contributed by atoms with Crippen LogP contribution in [-0.2, 0) is 16.6 Å². The summed E-state index contributed by atoms with van der Waals surface area (Å²) in [5.74, 6) is -0.925. The van der Waals surface area contributed by atoms with Gasteiger partial charge in [-0.05, 0) is 51.9 Å². The summed E-state index contributed by atoms with van der Waals surface area (Å²) in [6.45, 7) is 6.53. The van der Waals surface area contributed by atoms with Crippen LogP contribution in [0.5, 0.6) is 0 Å². The van der Waals surface area contributed by atoms with Crippen molar-refractivity contribution in [3.05, 3.63) is 88.0 Å².